The van der Waals surface area contributed by atoms with Crippen molar-refractivity contribution in [3.05, 3.63) is 35.6 Å². The van der Waals surface area contributed by atoms with Crippen LogP contribution in [-0.2, 0) is 0 Å². The number of nitrogens with one attached hydrogen (secondary N) is 1. The van der Waals surface area contributed by atoms with Crippen LogP contribution in [0.4, 0.5) is 23.0 Å². The third-order valence-corrected chi connectivity index (χ3v) is 2.46. The molecule has 0 saturated carbocycles. The Morgan fingerprint density at radius 3 is 2.83 bits per heavy atom. The van der Waals surface area contributed by atoms with E-state index in [9.17, 15) is 0 Å². The zero-order valence-electron chi connectivity index (χ0n) is 9.63. The second-order valence-corrected chi connectivity index (χ2v) is 3.79. The highest BCUT2D eigenvalue weighted by Gasteiger charge is 2.02. The second kappa shape index (κ2) is 5.42. The molecule has 0 amide bonds. The number of azo groups is 1. The fraction of sp³-hybridized carbons (Fsp3) is 0.0909. The lowest BCUT2D eigenvalue weighted by molar-refractivity contribution is 1.14. The van der Waals surface area contributed by atoms with Crippen LogP contribution in [-0.4, -0.2) is 17.0 Å². The molecule has 2 aromatic rings. The lowest BCUT2D eigenvalue weighted by Crippen LogP contribution is -1.89. The van der Waals surface area contributed by atoms with Crippen molar-refractivity contribution < 1.29 is 0 Å². The van der Waals surface area contributed by atoms with Crippen molar-refractivity contribution in [1.29, 1.82) is 0 Å². The van der Waals surface area contributed by atoms with Gasteiger partial charge in [-0.1, -0.05) is 11.6 Å². The van der Waals surface area contributed by atoms with Crippen LogP contribution in [0.25, 0.3) is 0 Å². The summed E-state index contributed by atoms with van der Waals surface area (Å²) in [5.41, 5.74) is 6.93. The van der Waals surface area contributed by atoms with E-state index in [1.165, 1.54) is 0 Å². The Morgan fingerprint density at radius 1 is 1.33 bits per heavy atom. The van der Waals surface area contributed by atoms with Gasteiger partial charge in [0.1, 0.15) is 5.69 Å². The molecule has 0 fully saturated rings. The van der Waals surface area contributed by atoms with Crippen LogP contribution in [0.3, 0.4) is 0 Å². The van der Waals surface area contributed by atoms with Gasteiger partial charge in [-0.25, -0.2) is 9.97 Å². The van der Waals surface area contributed by atoms with Crippen molar-refractivity contribution >= 4 is 34.6 Å². The second-order valence-electron chi connectivity index (χ2n) is 3.39. The average molecular weight is 263 g/mol. The van der Waals surface area contributed by atoms with Gasteiger partial charge in [0.25, 0.3) is 0 Å². The van der Waals surface area contributed by atoms with Gasteiger partial charge in [-0.3, -0.25) is 0 Å². The molecule has 0 saturated heterocycles. The maximum Gasteiger partial charge on any atom is 0.193 e. The topological polar surface area (TPSA) is 88.5 Å². The SMILES string of the molecule is CNc1cnc(N=Nc2cccnc2N)c(Cl)c1. The van der Waals surface area contributed by atoms with Crippen molar-refractivity contribution in [2.45, 2.75) is 0 Å². The molecule has 3 N–H and O–H groups in total. The van der Waals surface area contributed by atoms with Crippen LogP contribution >= 0.6 is 11.6 Å². The van der Waals surface area contributed by atoms with E-state index in [1.807, 2.05) is 0 Å². The zero-order valence-corrected chi connectivity index (χ0v) is 10.4. The van der Waals surface area contributed by atoms with Gasteiger partial charge in [-0.2, -0.15) is 0 Å². The molecule has 2 aromatic heterocycles. The van der Waals surface area contributed by atoms with Gasteiger partial charge in [-0.05, 0) is 18.2 Å². The summed E-state index contributed by atoms with van der Waals surface area (Å²) in [5.74, 6) is 0.642. The Bertz CT molecular complexity index is 583. The highest BCUT2D eigenvalue weighted by molar-refractivity contribution is 6.32. The van der Waals surface area contributed by atoms with Gasteiger partial charge >= 0.3 is 0 Å². The molecular formula is C11H11ClN6. The summed E-state index contributed by atoms with van der Waals surface area (Å²) < 4.78 is 0. The van der Waals surface area contributed by atoms with Crippen LogP contribution in [0.5, 0.6) is 0 Å². The van der Waals surface area contributed by atoms with E-state index in [1.54, 1.807) is 37.6 Å². The number of nitrogens with zero attached hydrogens (tertiary/aromatic N) is 4. The molecule has 0 radical (unpaired) electrons. The molecule has 0 aliphatic rings. The smallest absolute Gasteiger partial charge is 0.193 e. The number of aromatic nitrogens is 2. The molecule has 2 rings (SSSR count). The van der Waals surface area contributed by atoms with Crippen LogP contribution < -0.4 is 11.1 Å². The normalized spacial score (nSPS) is 10.8. The molecule has 92 valence electrons. The number of pyridine rings is 2. The number of hydrogen-bond donors (Lipinski definition) is 2. The molecule has 0 aliphatic carbocycles. The predicted molar refractivity (Wildman–Crippen MR) is 71.6 cm³/mol. The number of halogens is 1. The first kappa shape index (κ1) is 12.3. The monoisotopic (exact) mass is 262 g/mol. The Kier molecular flexibility index (Phi) is 3.69. The van der Waals surface area contributed by atoms with Crippen LogP contribution in [0.2, 0.25) is 5.02 Å². The predicted octanol–water partition coefficient (Wildman–Crippen LogP) is 3.17. The van der Waals surface area contributed by atoms with E-state index in [0.29, 0.717) is 22.3 Å². The summed E-state index contributed by atoms with van der Waals surface area (Å²) in [7, 11) is 1.78. The first-order valence-corrected chi connectivity index (χ1v) is 5.54. The molecule has 0 bridgehead atoms. The minimum Gasteiger partial charge on any atom is -0.387 e. The van der Waals surface area contributed by atoms with Crippen molar-refractivity contribution in [3.63, 3.8) is 0 Å². The van der Waals surface area contributed by atoms with Crippen molar-refractivity contribution in [3.8, 4) is 0 Å². The number of nitrogens with two attached hydrogens (primary N) is 1. The molecule has 0 atom stereocenters. The van der Waals surface area contributed by atoms with Gasteiger partial charge in [0.2, 0.25) is 0 Å². The van der Waals surface area contributed by atoms with Crippen LogP contribution in [0.15, 0.2) is 40.8 Å². The fourth-order valence-corrected chi connectivity index (χ4v) is 1.44. The average Bonchev–Trinajstić information content (AvgIpc) is 2.39. The molecule has 2 heterocycles. The van der Waals surface area contributed by atoms with Crippen molar-refractivity contribution in [1.82, 2.24) is 9.97 Å². The largest absolute Gasteiger partial charge is 0.387 e. The minimum atomic E-state index is 0.309. The highest BCUT2D eigenvalue weighted by atomic mass is 35.5. The van der Waals surface area contributed by atoms with Gasteiger partial charge in [0.05, 0.1) is 16.9 Å². The molecular weight excluding hydrogens is 252 g/mol. The molecule has 6 nitrogen and oxygen atoms in total. The van der Waals surface area contributed by atoms with Crippen LogP contribution in [0, 0.1) is 0 Å². The van der Waals surface area contributed by atoms with Crippen molar-refractivity contribution in [2.75, 3.05) is 18.1 Å². The first-order valence-electron chi connectivity index (χ1n) is 5.16. The first-order chi connectivity index (χ1) is 8.70. The fourth-order valence-electron chi connectivity index (χ4n) is 1.24. The third kappa shape index (κ3) is 2.72. The number of anilines is 2. The highest BCUT2D eigenvalue weighted by Crippen LogP contribution is 2.27. The molecule has 0 spiro atoms. The summed E-state index contributed by atoms with van der Waals surface area (Å²) in [6.45, 7) is 0. The lowest BCUT2D eigenvalue weighted by Gasteiger charge is -2.01. The molecule has 7 heteroatoms. The van der Waals surface area contributed by atoms with E-state index in [2.05, 4.69) is 25.5 Å². The summed E-state index contributed by atoms with van der Waals surface area (Å²) in [4.78, 5) is 7.98. The third-order valence-electron chi connectivity index (χ3n) is 2.18. The van der Waals surface area contributed by atoms with Crippen LogP contribution in [0.1, 0.15) is 0 Å². The number of rotatable bonds is 3. The standard InChI is InChI=1S/C11H11ClN6/c1-14-7-5-8(12)11(16-6-7)18-17-9-3-2-4-15-10(9)13/h2-6,14H,1H3,(H2,13,15). The number of hydrogen-bond acceptors (Lipinski definition) is 6. The Labute approximate surface area is 109 Å². The van der Waals surface area contributed by atoms with Gasteiger partial charge in [0.15, 0.2) is 11.6 Å². The maximum atomic E-state index is 6.01. The zero-order chi connectivity index (χ0) is 13.0. The van der Waals surface area contributed by atoms with E-state index in [4.69, 9.17) is 17.3 Å². The Morgan fingerprint density at radius 2 is 2.17 bits per heavy atom. The Hall–Kier alpha value is -2.21. The van der Waals surface area contributed by atoms with E-state index >= 15 is 0 Å². The van der Waals surface area contributed by atoms with Gasteiger partial charge in [-0.15, -0.1) is 10.2 Å². The number of nitrogen functional groups attached to an aromatic ring is 1. The van der Waals surface area contributed by atoms with E-state index < -0.39 is 0 Å². The Balaban J connectivity index is 2.27. The molecule has 0 unspecified atom stereocenters. The maximum absolute atomic E-state index is 6.01. The molecule has 0 aliphatic heterocycles. The minimum absolute atomic E-state index is 0.309. The lowest BCUT2D eigenvalue weighted by atomic mass is 10.4. The molecule has 18 heavy (non-hydrogen) atoms. The van der Waals surface area contributed by atoms with E-state index in [0.717, 1.165) is 5.69 Å². The van der Waals surface area contributed by atoms with Crippen molar-refractivity contribution in [2.24, 2.45) is 10.2 Å². The summed E-state index contributed by atoms with van der Waals surface area (Å²) in [6.07, 6.45) is 3.20. The summed E-state index contributed by atoms with van der Waals surface area (Å²) >= 11 is 6.01. The summed E-state index contributed by atoms with van der Waals surface area (Å²) in [6, 6.07) is 5.15. The summed E-state index contributed by atoms with van der Waals surface area (Å²) in [5, 5.41) is 11.2. The quantitative estimate of drug-likeness (QED) is 0.832. The van der Waals surface area contributed by atoms with E-state index in [-0.39, 0.29) is 0 Å². The molecule has 0 aromatic carbocycles. The van der Waals surface area contributed by atoms with Gasteiger partial charge < -0.3 is 11.1 Å². The van der Waals surface area contributed by atoms with Gasteiger partial charge in [0, 0.05) is 13.2 Å².